The second-order valence-electron chi connectivity index (χ2n) is 5.38. The Morgan fingerprint density at radius 3 is 2.96 bits per heavy atom. The molecule has 0 saturated carbocycles. The number of methoxy groups -OCH3 is 1. The molecule has 2 heterocycles. The first-order valence-corrected chi connectivity index (χ1v) is 8.69. The van der Waals surface area contributed by atoms with E-state index in [9.17, 15) is 13.5 Å². The number of piperidine rings is 1. The Balaban J connectivity index is 1.94. The first-order valence-electron chi connectivity index (χ1n) is 7.25. The van der Waals surface area contributed by atoms with E-state index in [1.54, 1.807) is 6.07 Å². The molecule has 0 unspecified atom stereocenters. The van der Waals surface area contributed by atoms with Crippen molar-refractivity contribution < 1.29 is 18.3 Å². The van der Waals surface area contributed by atoms with Crippen molar-refractivity contribution >= 4 is 10.0 Å². The van der Waals surface area contributed by atoms with Gasteiger partial charge in [-0.1, -0.05) is 6.07 Å². The molecule has 1 aromatic heterocycles. The fraction of sp³-hybridized carbons (Fsp3) is 0.429. The molecule has 0 radical (unpaired) electrons. The molecule has 9 heteroatoms. The number of sulfonamides is 1. The lowest BCUT2D eigenvalue weighted by atomic mass is 9.99. The van der Waals surface area contributed by atoms with Crippen LogP contribution in [0.15, 0.2) is 29.4 Å². The monoisotopic (exact) mass is 338 g/mol. The Morgan fingerprint density at radius 2 is 2.26 bits per heavy atom. The van der Waals surface area contributed by atoms with Gasteiger partial charge in [0.25, 0.3) is 0 Å². The van der Waals surface area contributed by atoms with Crippen molar-refractivity contribution in [2.45, 2.75) is 23.7 Å². The van der Waals surface area contributed by atoms with Crippen LogP contribution in [0, 0.1) is 0 Å². The minimum absolute atomic E-state index is 0.0436. The number of hydrogen-bond acceptors (Lipinski definition) is 6. The zero-order chi connectivity index (χ0) is 16.4. The van der Waals surface area contributed by atoms with Gasteiger partial charge >= 0.3 is 0 Å². The van der Waals surface area contributed by atoms with Crippen LogP contribution in [0.25, 0.3) is 0 Å². The highest BCUT2D eigenvalue weighted by molar-refractivity contribution is 7.89. The highest BCUT2D eigenvalue weighted by Crippen LogP contribution is 2.36. The van der Waals surface area contributed by atoms with Gasteiger partial charge in [-0.2, -0.15) is 9.40 Å². The Kier molecular flexibility index (Phi) is 4.22. The predicted octanol–water partition coefficient (Wildman–Crippen LogP) is 1.09. The summed E-state index contributed by atoms with van der Waals surface area (Å²) in [6.07, 6.45) is 2.95. The largest absolute Gasteiger partial charge is 0.506 e. The molecule has 0 aliphatic carbocycles. The molecule has 0 amide bonds. The van der Waals surface area contributed by atoms with Crippen LogP contribution >= 0.6 is 0 Å². The Labute approximate surface area is 134 Å². The number of rotatable bonds is 4. The quantitative estimate of drug-likeness (QED) is 0.864. The van der Waals surface area contributed by atoms with E-state index in [1.165, 1.54) is 29.9 Å². The van der Waals surface area contributed by atoms with Crippen LogP contribution in [-0.2, 0) is 10.0 Å². The molecule has 124 valence electrons. The molecule has 1 atom stereocenters. The van der Waals surface area contributed by atoms with Crippen LogP contribution in [0.5, 0.6) is 11.5 Å². The van der Waals surface area contributed by atoms with Crippen molar-refractivity contribution in [1.29, 1.82) is 0 Å². The van der Waals surface area contributed by atoms with E-state index in [0.717, 1.165) is 6.42 Å². The molecule has 3 rings (SSSR count). The lowest BCUT2D eigenvalue weighted by Crippen LogP contribution is -2.39. The van der Waals surface area contributed by atoms with E-state index in [4.69, 9.17) is 4.74 Å². The number of aromatic nitrogens is 3. The molecule has 1 fully saturated rings. The summed E-state index contributed by atoms with van der Waals surface area (Å²) in [5, 5.41) is 16.6. The minimum Gasteiger partial charge on any atom is -0.506 e. The number of phenols is 1. The van der Waals surface area contributed by atoms with Gasteiger partial charge in [0.15, 0.2) is 4.90 Å². The number of nitrogens with zero attached hydrogens (tertiary/aromatic N) is 3. The number of aromatic amines is 1. The van der Waals surface area contributed by atoms with Crippen molar-refractivity contribution in [3.05, 3.63) is 30.4 Å². The third kappa shape index (κ3) is 2.89. The fourth-order valence-corrected chi connectivity index (χ4v) is 4.59. The zero-order valence-electron chi connectivity index (χ0n) is 12.6. The highest BCUT2D eigenvalue weighted by atomic mass is 32.2. The van der Waals surface area contributed by atoms with Crippen molar-refractivity contribution in [3.63, 3.8) is 0 Å². The van der Waals surface area contributed by atoms with Gasteiger partial charge in [-0.3, -0.25) is 5.10 Å². The zero-order valence-corrected chi connectivity index (χ0v) is 13.5. The first-order chi connectivity index (χ1) is 11.0. The summed E-state index contributed by atoms with van der Waals surface area (Å²) < 4.78 is 32.4. The summed E-state index contributed by atoms with van der Waals surface area (Å²) in [6.45, 7) is 0.680. The van der Waals surface area contributed by atoms with Crippen molar-refractivity contribution in [1.82, 2.24) is 19.5 Å². The molecular formula is C14H18N4O4S. The molecular weight excluding hydrogens is 320 g/mol. The summed E-state index contributed by atoms with van der Waals surface area (Å²) in [5.41, 5.74) is 0. The van der Waals surface area contributed by atoms with Crippen molar-refractivity contribution in [3.8, 4) is 11.5 Å². The van der Waals surface area contributed by atoms with E-state index in [-0.39, 0.29) is 28.9 Å². The van der Waals surface area contributed by atoms with Crippen LogP contribution in [-0.4, -0.2) is 53.2 Å². The lowest BCUT2D eigenvalue weighted by Gasteiger charge is -2.31. The van der Waals surface area contributed by atoms with Crippen LogP contribution in [0.1, 0.15) is 24.6 Å². The number of nitrogens with one attached hydrogen (secondary N) is 1. The first kappa shape index (κ1) is 15.8. The van der Waals surface area contributed by atoms with Gasteiger partial charge < -0.3 is 9.84 Å². The van der Waals surface area contributed by atoms with Crippen LogP contribution in [0.3, 0.4) is 0 Å². The molecule has 8 nitrogen and oxygen atoms in total. The fourth-order valence-electron chi connectivity index (χ4n) is 2.85. The average molecular weight is 338 g/mol. The topological polar surface area (TPSA) is 108 Å². The van der Waals surface area contributed by atoms with Gasteiger partial charge in [0.2, 0.25) is 10.0 Å². The number of H-pyrrole nitrogens is 1. The molecule has 1 aliphatic rings. The smallest absolute Gasteiger partial charge is 0.250 e. The summed E-state index contributed by atoms with van der Waals surface area (Å²) in [6, 6.07) is 4.40. The number of phenolic OH excluding ortho intramolecular Hbond substituents is 1. The summed E-state index contributed by atoms with van der Waals surface area (Å²) in [4.78, 5) is 3.92. The number of benzene rings is 1. The molecule has 1 aromatic carbocycles. The second-order valence-corrected chi connectivity index (χ2v) is 7.26. The normalized spacial score (nSPS) is 19.6. The van der Waals surface area contributed by atoms with Gasteiger partial charge in [0, 0.05) is 19.0 Å². The van der Waals surface area contributed by atoms with Crippen LogP contribution in [0.4, 0.5) is 0 Å². The summed E-state index contributed by atoms with van der Waals surface area (Å²) >= 11 is 0. The Bertz CT molecular complexity index is 776. The van der Waals surface area contributed by atoms with Gasteiger partial charge in [-0.15, -0.1) is 0 Å². The van der Waals surface area contributed by atoms with E-state index in [1.807, 2.05) is 0 Å². The molecule has 2 N–H and O–H groups in total. The maximum atomic E-state index is 12.9. The van der Waals surface area contributed by atoms with E-state index < -0.39 is 10.0 Å². The molecule has 1 aliphatic heterocycles. The molecule has 0 spiro atoms. The van der Waals surface area contributed by atoms with Crippen LogP contribution in [0.2, 0.25) is 0 Å². The molecule has 0 bridgehead atoms. The lowest BCUT2D eigenvalue weighted by molar-refractivity contribution is 0.305. The van der Waals surface area contributed by atoms with Gasteiger partial charge in [-0.25, -0.2) is 13.4 Å². The Morgan fingerprint density at radius 1 is 1.43 bits per heavy atom. The third-order valence-electron chi connectivity index (χ3n) is 3.98. The van der Waals surface area contributed by atoms with Gasteiger partial charge in [-0.05, 0) is 25.0 Å². The van der Waals surface area contributed by atoms with Crippen molar-refractivity contribution in [2.75, 3.05) is 20.2 Å². The van der Waals surface area contributed by atoms with E-state index >= 15 is 0 Å². The average Bonchev–Trinajstić information content (AvgIpc) is 3.09. The SMILES string of the molecule is COc1cccc(O)c1S(=O)(=O)N1CCC[C@H](c2ncn[nH]2)C1. The van der Waals surface area contributed by atoms with Crippen molar-refractivity contribution in [2.24, 2.45) is 0 Å². The summed E-state index contributed by atoms with van der Waals surface area (Å²) in [5.74, 6) is 0.449. The highest BCUT2D eigenvalue weighted by Gasteiger charge is 2.35. The van der Waals surface area contributed by atoms with Gasteiger partial charge in [0.05, 0.1) is 7.11 Å². The minimum atomic E-state index is -3.86. The predicted molar refractivity (Wildman–Crippen MR) is 81.8 cm³/mol. The number of aromatic hydroxyl groups is 1. The number of ether oxygens (including phenoxy) is 1. The van der Waals surface area contributed by atoms with E-state index in [0.29, 0.717) is 18.8 Å². The summed E-state index contributed by atoms with van der Waals surface area (Å²) in [7, 11) is -2.49. The third-order valence-corrected chi connectivity index (χ3v) is 5.92. The van der Waals surface area contributed by atoms with Gasteiger partial charge in [0.1, 0.15) is 23.7 Å². The Hall–Kier alpha value is -2.13. The van der Waals surface area contributed by atoms with Crippen LogP contribution < -0.4 is 4.74 Å². The van der Waals surface area contributed by atoms with E-state index in [2.05, 4.69) is 15.2 Å². The standard InChI is InChI=1S/C14H18N4O4S/c1-22-12-6-2-5-11(19)13(12)23(20,21)18-7-3-4-10(8-18)14-15-9-16-17-14/h2,5-6,9-10,19H,3-4,7-8H2,1H3,(H,15,16,17)/t10-/m0/s1. The maximum absolute atomic E-state index is 12.9. The molecule has 2 aromatic rings. The molecule has 23 heavy (non-hydrogen) atoms. The second kappa shape index (κ2) is 6.17. The molecule has 1 saturated heterocycles. The maximum Gasteiger partial charge on any atom is 0.250 e. The number of hydrogen-bond donors (Lipinski definition) is 2.